The van der Waals surface area contributed by atoms with Gasteiger partial charge in [0.15, 0.2) is 0 Å². The Morgan fingerprint density at radius 3 is 3.00 bits per heavy atom. The smallest absolute Gasteiger partial charge is 0.306 e. The second kappa shape index (κ2) is 4.60. The van der Waals surface area contributed by atoms with E-state index in [2.05, 4.69) is 6.08 Å². The quantitative estimate of drug-likeness (QED) is 0.451. The standard InChI is InChI=1S/C12H16O3/c13-11-6-5-9-8-12(14)15-7-3-1-2-4-10(9)11/h1-2,9-10H,3-8H2/b2-1-/t9-,10+/m0/s1. The highest BCUT2D eigenvalue weighted by Gasteiger charge is 2.35. The Hall–Kier alpha value is -1.12. The summed E-state index contributed by atoms with van der Waals surface area (Å²) in [5.41, 5.74) is 0. The van der Waals surface area contributed by atoms with Gasteiger partial charge in [-0.1, -0.05) is 12.2 Å². The molecule has 1 saturated carbocycles. The first-order valence-corrected chi connectivity index (χ1v) is 5.60. The lowest BCUT2D eigenvalue weighted by atomic mass is 9.89. The van der Waals surface area contributed by atoms with E-state index in [9.17, 15) is 9.59 Å². The average molecular weight is 208 g/mol. The van der Waals surface area contributed by atoms with Crippen LogP contribution in [0.5, 0.6) is 0 Å². The summed E-state index contributed by atoms with van der Waals surface area (Å²) in [5, 5.41) is 0. The molecule has 0 spiro atoms. The molecule has 0 bridgehead atoms. The number of rotatable bonds is 0. The number of Topliss-reactive ketones (excluding diaryl/α,β-unsaturated/α-hetero) is 1. The minimum atomic E-state index is -0.144. The van der Waals surface area contributed by atoms with E-state index in [1.165, 1.54) is 0 Å². The van der Waals surface area contributed by atoms with Gasteiger partial charge in [0.1, 0.15) is 5.78 Å². The highest BCUT2D eigenvalue weighted by molar-refractivity contribution is 5.84. The van der Waals surface area contributed by atoms with Crippen LogP contribution in [0.15, 0.2) is 12.2 Å². The van der Waals surface area contributed by atoms with E-state index in [4.69, 9.17) is 4.74 Å². The summed E-state index contributed by atoms with van der Waals surface area (Å²) in [6.45, 7) is 0.473. The number of cyclic esters (lactones) is 1. The van der Waals surface area contributed by atoms with Gasteiger partial charge in [-0.05, 0) is 25.2 Å². The second-order valence-corrected chi connectivity index (χ2v) is 4.29. The van der Waals surface area contributed by atoms with Crippen LogP contribution < -0.4 is 0 Å². The van der Waals surface area contributed by atoms with E-state index >= 15 is 0 Å². The lowest BCUT2D eigenvalue weighted by Crippen LogP contribution is -2.19. The molecule has 0 N–H and O–H groups in total. The molecule has 0 saturated heterocycles. The van der Waals surface area contributed by atoms with E-state index in [0.29, 0.717) is 25.2 Å². The molecule has 2 atom stereocenters. The minimum Gasteiger partial charge on any atom is -0.465 e. The molecular formula is C12H16O3. The largest absolute Gasteiger partial charge is 0.465 e. The van der Waals surface area contributed by atoms with Crippen LogP contribution in [0.1, 0.15) is 32.1 Å². The topological polar surface area (TPSA) is 43.4 Å². The molecule has 2 aliphatic rings. The van der Waals surface area contributed by atoms with Crippen molar-refractivity contribution in [1.29, 1.82) is 0 Å². The summed E-state index contributed by atoms with van der Waals surface area (Å²) in [5.74, 6) is 0.452. The van der Waals surface area contributed by atoms with Crippen LogP contribution in [0.2, 0.25) is 0 Å². The second-order valence-electron chi connectivity index (χ2n) is 4.29. The van der Waals surface area contributed by atoms with Gasteiger partial charge >= 0.3 is 5.97 Å². The zero-order chi connectivity index (χ0) is 10.7. The fourth-order valence-electron chi connectivity index (χ4n) is 2.42. The molecule has 0 radical (unpaired) electrons. The molecule has 0 amide bonds. The molecule has 1 aliphatic carbocycles. The highest BCUT2D eigenvalue weighted by Crippen LogP contribution is 2.34. The first kappa shape index (κ1) is 10.4. The SMILES string of the molecule is O=C1C[C@@H]2CCC(=O)[C@@H]2C/C=C\CCO1. The fraction of sp³-hybridized carbons (Fsp3) is 0.667. The van der Waals surface area contributed by atoms with Crippen molar-refractivity contribution in [1.82, 2.24) is 0 Å². The normalized spacial score (nSPS) is 34.4. The Balaban J connectivity index is 2.08. The number of fused-ring (bicyclic) bond motifs is 1. The van der Waals surface area contributed by atoms with Gasteiger partial charge in [-0.15, -0.1) is 0 Å². The van der Waals surface area contributed by atoms with Gasteiger partial charge in [-0.3, -0.25) is 9.59 Å². The van der Waals surface area contributed by atoms with Gasteiger partial charge in [-0.25, -0.2) is 0 Å². The molecule has 82 valence electrons. The molecule has 0 aromatic carbocycles. The first-order chi connectivity index (χ1) is 7.27. The van der Waals surface area contributed by atoms with Crippen LogP contribution in [0.3, 0.4) is 0 Å². The first-order valence-electron chi connectivity index (χ1n) is 5.60. The average Bonchev–Trinajstić information content (AvgIpc) is 2.55. The summed E-state index contributed by atoms with van der Waals surface area (Å²) in [4.78, 5) is 23.0. The maximum Gasteiger partial charge on any atom is 0.306 e. The van der Waals surface area contributed by atoms with Crippen LogP contribution in [-0.2, 0) is 14.3 Å². The molecule has 1 heterocycles. The van der Waals surface area contributed by atoms with Crippen LogP contribution in [0.25, 0.3) is 0 Å². The molecular weight excluding hydrogens is 192 g/mol. The summed E-state index contributed by atoms with van der Waals surface area (Å²) >= 11 is 0. The highest BCUT2D eigenvalue weighted by atomic mass is 16.5. The molecule has 1 aliphatic heterocycles. The Labute approximate surface area is 89.5 Å². The van der Waals surface area contributed by atoms with Crippen LogP contribution in [-0.4, -0.2) is 18.4 Å². The van der Waals surface area contributed by atoms with E-state index in [1.807, 2.05) is 6.08 Å². The molecule has 15 heavy (non-hydrogen) atoms. The van der Waals surface area contributed by atoms with Crippen molar-refractivity contribution in [3.05, 3.63) is 12.2 Å². The third-order valence-electron chi connectivity index (χ3n) is 3.28. The molecule has 0 aromatic heterocycles. The van der Waals surface area contributed by atoms with Crippen molar-refractivity contribution >= 4 is 11.8 Å². The summed E-state index contributed by atoms with van der Waals surface area (Å²) in [6, 6.07) is 0. The van der Waals surface area contributed by atoms with Gasteiger partial charge in [0.2, 0.25) is 0 Å². The van der Waals surface area contributed by atoms with E-state index < -0.39 is 0 Å². The predicted octanol–water partition coefficient (Wildman–Crippen LogP) is 1.86. The van der Waals surface area contributed by atoms with E-state index in [0.717, 1.165) is 19.3 Å². The lowest BCUT2D eigenvalue weighted by Gasteiger charge is -2.17. The number of allylic oxidation sites excluding steroid dienone is 1. The van der Waals surface area contributed by atoms with Crippen molar-refractivity contribution < 1.29 is 14.3 Å². The number of hydrogen-bond acceptors (Lipinski definition) is 3. The molecule has 3 heteroatoms. The molecule has 0 unspecified atom stereocenters. The summed E-state index contributed by atoms with van der Waals surface area (Å²) in [7, 11) is 0. The minimum absolute atomic E-state index is 0.0619. The monoisotopic (exact) mass is 208 g/mol. The predicted molar refractivity (Wildman–Crippen MR) is 55.2 cm³/mol. The Kier molecular flexibility index (Phi) is 3.19. The number of ether oxygens (including phenoxy) is 1. The maximum atomic E-state index is 11.6. The molecule has 2 rings (SSSR count). The Bertz CT molecular complexity index is 293. The van der Waals surface area contributed by atoms with Gasteiger partial charge < -0.3 is 4.74 Å². The van der Waals surface area contributed by atoms with Gasteiger partial charge in [-0.2, -0.15) is 0 Å². The lowest BCUT2D eigenvalue weighted by molar-refractivity contribution is -0.145. The molecule has 0 aromatic rings. The zero-order valence-corrected chi connectivity index (χ0v) is 8.78. The van der Waals surface area contributed by atoms with Crippen molar-refractivity contribution in [3.8, 4) is 0 Å². The third kappa shape index (κ3) is 2.46. The zero-order valence-electron chi connectivity index (χ0n) is 8.78. The van der Waals surface area contributed by atoms with Gasteiger partial charge in [0, 0.05) is 18.8 Å². The summed E-state index contributed by atoms with van der Waals surface area (Å²) < 4.78 is 5.06. The van der Waals surface area contributed by atoms with Crippen molar-refractivity contribution in [2.24, 2.45) is 11.8 Å². The van der Waals surface area contributed by atoms with Crippen molar-refractivity contribution in [3.63, 3.8) is 0 Å². The molecule has 3 nitrogen and oxygen atoms in total. The molecule has 1 fully saturated rings. The van der Waals surface area contributed by atoms with E-state index in [-0.39, 0.29) is 17.8 Å². The van der Waals surface area contributed by atoms with Crippen LogP contribution >= 0.6 is 0 Å². The Morgan fingerprint density at radius 2 is 2.13 bits per heavy atom. The van der Waals surface area contributed by atoms with Crippen molar-refractivity contribution in [2.75, 3.05) is 6.61 Å². The number of esters is 1. The summed E-state index contributed by atoms with van der Waals surface area (Å²) in [6.07, 6.45) is 7.53. The van der Waals surface area contributed by atoms with Gasteiger partial charge in [0.25, 0.3) is 0 Å². The van der Waals surface area contributed by atoms with Crippen LogP contribution in [0, 0.1) is 11.8 Å². The fourth-order valence-corrected chi connectivity index (χ4v) is 2.42. The van der Waals surface area contributed by atoms with Crippen molar-refractivity contribution in [2.45, 2.75) is 32.1 Å². The number of carbonyl (C=O) groups is 2. The number of ketones is 1. The third-order valence-corrected chi connectivity index (χ3v) is 3.28. The number of hydrogen-bond donors (Lipinski definition) is 0. The number of carbonyl (C=O) groups excluding carboxylic acids is 2. The maximum absolute atomic E-state index is 11.6. The Morgan fingerprint density at radius 1 is 1.27 bits per heavy atom. The van der Waals surface area contributed by atoms with Gasteiger partial charge in [0.05, 0.1) is 6.61 Å². The van der Waals surface area contributed by atoms with E-state index in [1.54, 1.807) is 0 Å². The van der Waals surface area contributed by atoms with Crippen LogP contribution in [0.4, 0.5) is 0 Å².